The van der Waals surface area contributed by atoms with Crippen molar-refractivity contribution in [2.75, 3.05) is 13.2 Å². The molecular weight excluding hydrogens is 1010 g/mol. The van der Waals surface area contributed by atoms with Gasteiger partial charge in [-0.1, -0.05) is 338 Å². The summed E-state index contributed by atoms with van der Waals surface area (Å²) in [6.45, 7) is 6.57. The van der Waals surface area contributed by atoms with Crippen LogP contribution in [-0.2, 0) is 28.6 Å². The molecule has 0 saturated carbocycles. The zero-order valence-electron chi connectivity index (χ0n) is 54.8. The van der Waals surface area contributed by atoms with Gasteiger partial charge in [0.2, 0.25) is 0 Å². The van der Waals surface area contributed by atoms with E-state index in [0.29, 0.717) is 19.3 Å². The Morgan fingerprint density at radius 3 is 0.744 bits per heavy atom. The van der Waals surface area contributed by atoms with Gasteiger partial charge in [-0.3, -0.25) is 14.4 Å². The molecule has 0 rings (SSSR count). The van der Waals surface area contributed by atoms with E-state index in [1.165, 1.54) is 244 Å². The molecule has 6 nitrogen and oxygen atoms in total. The number of ether oxygens (including phenoxy) is 3. The first-order valence-corrected chi connectivity index (χ1v) is 35.9. The zero-order chi connectivity index (χ0) is 59.2. The summed E-state index contributed by atoms with van der Waals surface area (Å²) in [7, 11) is 0. The molecule has 6 heteroatoms. The molecule has 476 valence electrons. The van der Waals surface area contributed by atoms with Crippen molar-refractivity contribution in [1.82, 2.24) is 0 Å². The molecule has 1 atom stereocenters. The maximum Gasteiger partial charge on any atom is 0.306 e. The van der Waals surface area contributed by atoms with Gasteiger partial charge in [0.15, 0.2) is 6.10 Å². The molecule has 0 bridgehead atoms. The van der Waals surface area contributed by atoms with Gasteiger partial charge in [0, 0.05) is 19.3 Å². The van der Waals surface area contributed by atoms with Crippen molar-refractivity contribution in [3.8, 4) is 0 Å². The molecule has 0 N–H and O–H groups in total. The van der Waals surface area contributed by atoms with Crippen LogP contribution in [0, 0.1) is 0 Å². The molecule has 0 spiro atoms. The van der Waals surface area contributed by atoms with Crippen molar-refractivity contribution in [1.29, 1.82) is 0 Å². The normalized spacial score (nSPS) is 12.5. The van der Waals surface area contributed by atoms with Gasteiger partial charge in [-0.25, -0.2) is 0 Å². The Balaban J connectivity index is 4.22. The molecule has 0 aliphatic carbocycles. The first-order chi connectivity index (χ1) is 40.5. The summed E-state index contributed by atoms with van der Waals surface area (Å²) in [6, 6.07) is 0. The number of allylic oxidation sites excluding steroid dienone is 12. The van der Waals surface area contributed by atoms with Crippen molar-refractivity contribution in [3.63, 3.8) is 0 Å². The highest BCUT2D eigenvalue weighted by atomic mass is 16.6. The minimum atomic E-state index is -0.774. The fraction of sp³-hybridized carbons (Fsp3) is 0.803. The number of unbranched alkanes of at least 4 members (excludes halogenated alkanes) is 43. The fourth-order valence-corrected chi connectivity index (χ4v) is 10.6. The molecule has 0 radical (unpaired) electrons. The Hall–Kier alpha value is -3.15. The van der Waals surface area contributed by atoms with E-state index in [0.717, 1.165) is 89.9 Å². The quantitative estimate of drug-likeness (QED) is 0.0261. The second-order valence-electron chi connectivity index (χ2n) is 24.1. The third-order valence-electron chi connectivity index (χ3n) is 15.9. The van der Waals surface area contributed by atoms with Crippen molar-refractivity contribution in [2.45, 2.75) is 380 Å². The summed E-state index contributed by atoms with van der Waals surface area (Å²) in [4.78, 5) is 38.4. The molecular formula is C76H136O6. The SMILES string of the molecule is CC/C=C\C/C=C\C/C=C\C/C=C\CCCCCCCCCCCCCCCCC(=O)OCC(COC(=O)CCCCCCCCCCCCCC)OC(=O)CCCCCCCCCCCCCCC/C=C\C/C=C\CCCCCCC. The number of hydrogen-bond acceptors (Lipinski definition) is 6. The Morgan fingerprint density at radius 2 is 0.476 bits per heavy atom. The molecule has 82 heavy (non-hydrogen) atoms. The van der Waals surface area contributed by atoms with Crippen LogP contribution in [0.25, 0.3) is 0 Å². The minimum absolute atomic E-state index is 0.0703. The maximum atomic E-state index is 13.0. The third kappa shape index (κ3) is 67.6. The van der Waals surface area contributed by atoms with Gasteiger partial charge in [-0.05, 0) is 89.9 Å². The van der Waals surface area contributed by atoms with Crippen molar-refractivity contribution in [2.24, 2.45) is 0 Å². The van der Waals surface area contributed by atoms with Gasteiger partial charge in [0.1, 0.15) is 13.2 Å². The van der Waals surface area contributed by atoms with Gasteiger partial charge < -0.3 is 14.2 Å². The average molecular weight is 1150 g/mol. The van der Waals surface area contributed by atoms with Gasteiger partial charge in [-0.15, -0.1) is 0 Å². The van der Waals surface area contributed by atoms with E-state index in [9.17, 15) is 14.4 Å². The Morgan fingerprint density at radius 1 is 0.256 bits per heavy atom. The minimum Gasteiger partial charge on any atom is -0.462 e. The monoisotopic (exact) mass is 1150 g/mol. The van der Waals surface area contributed by atoms with Crippen molar-refractivity contribution in [3.05, 3.63) is 72.9 Å². The predicted octanol–water partition coefficient (Wildman–Crippen LogP) is 24.8. The standard InChI is InChI=1S/C76H136O6/c1-4-7-10-13-16-19-22-25-27-29-31-33-35-37-38-40-41-43-45-47-49-51-54-57-60-63-66-69-75(78)81-72-73(71-80-74(77)68-65-62-59-56-53-24-21-18-15-12-9-6-3)82-76(79)70-67-64-61-58-55-52-50-48-46-44-42-39-36-34-32-30-28-26-23-20-17-14-11-8-5-2/h7,10,16,19,23,25-27,30-33,73H,4-6,8-9,11-15,17-18,20-22,24,28-29,34-72H2,1-3H3/b10-7-,19-16-,26-23-,27-25-,32-30-,33-31-. The summed E-state index contributed by atoms with van der Waals surface area (Å²) in [5.74, 6) is -0.849. The lowest BCUT2D eigenvalue weighted by molar-refractivity contribution is -0.167. The van der Waals surface area contributed by atoms with Crippen LogP contribution in [0.1, 0.15) is 374 Å². The first-order valence-electron chi connectivity index (χ1n) is 35.9. The van der Waals surface area contributed by atoms with Gasteiger partial charge in [0.05, 0.1) is 0 Å². The van der Waals surface area contributed by atoms with Crippen LogP contribution in [-0.4, -0.2) is 37.2 Å². The van der Waals surface area contributed by atoms with Crippen LogP contribution in [0.2, 0.25) is 0 Å². The highest BCUT2D eigenvalue weighted by molar-refractivity contribution is 5.71. The lowest BCUT2D eigenvalue weighted by Crippen LogP contribution is -2.30. The smallest absolute Gasteiger partial charge is 0.306 e. The van der Waals surface area contributed by atoms with E-state index >= 15 is 0 Å². The first kappa shape index (κ1) is 78.8. The summed E-state index contributed by atoms with van der Waals surface area (Å²) in [5.41, 5.74) is 0. The molecule has 0 aliphatic heterocycles. The Bertz CT molecular complexity index is 1500. The Kier molecular flexibility index (Phi) is 67.6. The van der Waals surface area contributed by atoms with Crippen LogP contribution >= 0.6 is 0 Å². The van der Waals surface area contributed by atoms with E-state index < -0.39 is 6.10 Å². The lowest BCUT2D eigenvalue weighted by atomic mass is 10.0. The lowest BCUT2D eigenvalue weighted by Gasteiger charge is -2.18. The molecule has 0 heterocycles. The zero-order valence-corrected chi connectivity index (χ0v) is 54.8. The van der Waals surface area contributed by atoms with E-state index in [2.05, 4.69) is 93.7 Å². The predicted molar refractivity (Wildman–Crippen MR) is 358 cm³/mol. The van der Waals surface area contributed by atoms with Gasteiger partial charge in [-0.2, -0.15) is 0 Å². The molecule has 0 aromatic carbocycles. The van der Waals surface area contributed by atoms with Gasteiger partial charge in [0.25, 0.3) is 0 Å². The number of esters is 3. The molecule has 0 amide bonds. The number of rotatable bonds is 66. The van der Waals surface area contributed by atoms with Crippen LogP contribution < -0.4 is 0 Å². The van der Waals surface area contributed by atoms with E-state index in [-0.39, 0.29) is 31.1 Å². The van der Waals surface area contributed by atoms with E-state index in [1.54, 1.807) is 0 Å². The molecule has 1 unspecified atom stereocenters. The van der Waals surface area contributed by atoms with Gasteiger partial charge >= 0.3 is 17.9 Å². The maximum absolute atomic E-state index is 13.0. The summed E-state index contributed by atoms with van der Waals surface area (Å²) in [5, 5.41) is 0. The van der Waals surface area contributed by atoms with Crippen molar-refractivity contribution < 1.29 is 28.6 Å². The highest BCUT2D eigenvalue weighted by Crippen LogP contribution is 2.18. The Labute approximate surface area is 510 Å². The van der Waals surface area contributed by atoms with E-state index in [1.807, 2.05) is 0 Å². The van der Waals surface area contributed by atoms with Crippen LogP contribution in [0.4, 0.5) is 0 Å². The molecule has 0 aromatic rings. The summed E-state index contributed by atoms with van der Waals surface area (Å²) in [6.07, 6.45) is 92.2. The summed E-state index contributed by atoms with van der Waals surface area (Å²) < 4.78 is 17.0. The number of carbonyl (C=O) groups is 3. The number of hydrogen-bond donors (Lipinski definition) is 0. The second kappa shape index (κ2) is 70.3. The topological polar surface area (TPSA) is 78.9 Å². The highest BCUT2D eigenvalue weighted by Gasteiger charge is 2.19. The third-order valence-corrected chi connectivity index (χ3v) is 15.9. The second-order valence-corrected chi connectivity index (χ2v) is 24.1. The fourth-order valence-electron chi connectivity index (χ4n) is 10.6. The molecule has 0 saturated heterocycles. The molecule has 0 fully saturated rings. The van der Waals surface area contributed by atoms with E-state index in [4.69, 9.17) is 14.2 Å². The van der Waals surface area contributed by atoms with Crippen LogP contribution in [0.15, 0.2) is 72.9 Å². The largest absolute Gasteiger partial charge is 0.462 e. The van der Waals surface area contributed by atoms with Crippen molar-refractivity contribution >= 4 is 17.9 Å². The average Bonchev–Trinajstić information content (AvgIpc) is 3.47. The van der Waals surface area contributed by atoms with Crippen LogP contribution in [0.5, 0.6) is 0 Å². The number of carbonyl (C=O) groups excluding carboxylic acids is 3. The van der Waals surface area contributed by atoms with Crippen LogP contribution in [0.3, 0.4) is 0 Å². The molecule has 0 aromatic heterocycles. The molecule has 0 aliphatic rings. The summed E-state index contributed by atoms with van der Waals surface area (Å²) >= 11 is 0.